The molecule has 4 atom stereocenters. The van der Waals surface area contributed by atoms with Gasteiger partial charge in [0.05, 0.1) is 6.61 Å². The van der Waals surface area contributed by atoms with E-state index in [1.54, 1.807) is 0 Å². The second-order valence-corrected chi connectivity index (χ2v) is 5.75. The number of carbonyl (C=O) groups excluding carboxylic acids is 1. The van der Waals surface area contributed by atoms with Crippen LogP contribution < -0.4 is 5.32 Å². The molecule has 2 N–H and O–H groups in total. The standard InChI is InChI=1S/C13H19NO4/c15-9(16)6-18-4-3-14-13(17)12-10-7-1-2-8(5-7)11(10)12/h7-8,10-12H,1-6H2,(H,14,17)(H,15,16). The second-order valence-electron chi connectivity index (χ2n) is 5.75. The minimum absolute atomic E-state index is 0.153. The number of carboxylic acid groups (broad SMARTS) is 1. The number of rotatable bonds is 6. The van der Waals surface area contributed by atoms with Gasteiger partial charge in [-0.2, -0.15) is 0 Å². The highest BCUT2D eigenvalue weighted by atomic mass is 16.5. The summed E-state index contributed by atoms with van der Waals surface area (Å²) in [5, 5.41) is 11.2. The minimum atomic E-state index is -0.977. The summed E-state index contributed by atoms with van der Waals surface area (Å²) in [5.41, 5.74) is 0. The van der Waals surface area contributed by atoms with E-state index in [1.807, 2.05) is 0 Å². The molecule has 1 amide bonds. The second kappa shape index (κ2) is 4.53. The van der Waals surface area contributed by atoms with Crippen LogP contribution in [0, 0.1) is 29.6 Å². The highest BCUT2D eigenvalue weighted by Crippen LogP contribution is 2.69. The minimum Gasteiger partial charge on any atom is -0.480 e. The molecule has 3 saturated carbocycles. The van der Waals surface area contributed by atoms with E-state index >= 15 is 0 Å². The zero-order chi connectivity index (χ0) is 12.7. The molecular formula is C13H19NO4. The summed E-state index contributed by atoms with van der Waals surface area (Å²) in [6, 6.07) is 0. The molecule has 0 radical (unpaired) electrons. The van der Waals surface area contributed by atoms with E-state index in [1.165, 1.54) is 19.3 Å². The normalized spacial score (nSPS) is 39.4. The molecule has 2 bridgehead atoms. The first kappa shape index (κ1) is 12.0. The maximum atomic E-state index is 12.0. The van der Waals surface area contributed by atoms with E-state index in [4.69, 9.17) is 9.84 Å². The summed E-state index contributed by atoms with van der Waals surface area (Å²) in [6.07, 6.45) is 3.98. The fourth-order valence-electron chi connectivity index (χ4n) is 4.20. The highest BCUT2D eigenvalue weighted by molar-refractivity contribution is 5.82. The molecule has 5 nitrogen and oxygen atoms in total. The fraction of sp³-hybridized carbons (Fsp3) is 0.846. The van der Waals surface area contributed by atoms with E-state index in [2.05, 4.69) is 5.32 Å². The number of amides is 1. The zero-order valence-corrected chi connectivity index (χ0v) is 10.3. The molecule has 4 unspecified atom stereocenters. The fourth-order valence-corrected chi connectivity index (χ4v) is 4.20. The summed E-state index contributed by atoms with van der Waals surface area (Å²) in [7, 11) is 0. The van der Waals surface area contributed by atoms with E-state index in [0.717, 1.165) is 11.8 Å². The summed E-state index contributed by atoms with van der Waals surface area (Å²) < 4.78 is 4.88. The van der Waals surface area contributed by atoms with Crippen LogP contribution in [0.25, 0.3) is 0 Å². The maximum absolute atomic E-state index is 12.0. The predicted molar refractivity (Wildman–Crippen MR) is 62.8 cm³/mol. The average Bonchev–Trinajstić information content (AvgIpc) is 2.77. The van der Waals surface area contributed by atoms with Gasteiger partial charge in [-0.15, -0.1) is 0 Å². The number of aliphatic carboxylic acids is 1. The Hall–Kier alpha value is -1.10. The number of hydrogen-bond acceptors (Lipinski definition) is 3. The van der Waals surface area contributed by atoms with Gasteiger partial charge in [0.25, 0.3) is 0 Å². The Morgan fingerprint density at radius 2 is 1.89 bits per heavy atom. The molecule has 100 valence electrons. The van der Waals surface area contributed by atoms with Gasteiger partial charge in [0.2, 0.25) is 5.91 Å². The van der Waals surface area contributed by atoms with Crippen molar-refractivity contribution in [3.8, 4) is 0 Å². The Kier molecular flexibility index (Phi) is 3.01. The van der Waals surface area contributed by atoms with E-state index in [9.17, 15) is 9.59 Å². The van der Waals surface area contributed by atoms with Crippen molar-refractivity contribution in [3.05, 3.63) is 0 Å². The summed E-state index contributed by atoms with van der Waals surface area (Å²) in [6.45, 7) is 0.388. The van der Waals surface area contributed by atoms with Crippen molar-refractivity contribution < 1.29 is 19.4 Å². The molecule has 3 aliphatic carbocycles. The first-order chi connectivity index (χ1) is 8.68. The first-order valence-electron chi connectivity index (χ1n) is 6.75. The van der Waals surface area contributed by atoms with Gasteiger partial charge in [-0.25, -0.2) is 4.79 Å². The monoisotopic (exact) mass is 253 g/mol. The molecule has 18 heavy (non-hydrogen) atoms. The molecule has 0 spiro atoms. The molecule has 0 aliphatic heterocycles. The topological polar surface area (TPSA) is 75.6 Å². The van der Waals surface area contributed by atoms with Crippen LogP contribution in [0.1, 0.15) is 19.3 Å². The largest absolute Gasteiger partial charge is 0.480 e. The number of nitrogens with one attached hydrogen (secondary N) is 1. The summed E-state index contributed by atoms with van der Waals surface area (Å²) in [5.74, 6) is 2.34. The predicted octanol–water partition coefficient (Wildman–Crippen LogP) is 0.496. The van der Waals surface area contributed by atoms with Crippen molar-refractivity contribution >= 4 is 11.9 Å². The number of carbonyl (C=O) groups is 2. The van der Waals surface area contributed by atoms with Gasteiger partial charge in [0.1, 0.15) is 6.61 Å². The third kappa shape index (κ3) is 2.00. The lowest BCUT2D eigenvalue weighted by Gasteiger charge is -2.09. The Balaban J connectivity index is 1.35. The van der Waals surface area contributed by atoms with Crippen molar-refractivity contribution in [2.24, 2.45) is 29.6 Å². The van der Waals surface area contributed by atoms with E-state index in [-0.39, 0.29) is 25.0 Å². The number of ether oxygens (including phenoxy) is 1. The van der Waals surface area contributed by atoms with Crippen LogP contribution in [0.4, 0.5) is 0 Å². The molecule has 3 rings (SSSR count). The maximum Gasteiger partial charge on any atom is 0.329 e. The molecule has 0 heterocycles. The zero-order valence-electron chi connectivity index (χ0n) is 10.3. The van der Waals surface area contributed by atoms with E-state index < -0.39 is 5.97 Å². The molecule has 0 aromatic rings. The van der Waals surface area contributed by atoms with Crippen LogP contribution in [0.3, 0.4) is 0 Å². The van der Waals surface area contributed by atoms with Gasteiger partial charge in [-0.3, -0.25) is 4.79 Å². The lowest BCUT2D eigenvalue weighted by molar-refractivity contribution is -0.142. The molecule has 3 fully saturated rings. The number of hydrogen-bond donors (Lipinski definition) is 2. The van der Waals surface area contributed by atoms with Crippen LogP contribution in [-0.4, -0.2) is 36.7 Å². The van der Waals surface area contributed by atoms with E-state index in [0.29, 0.717) is 18.4 Å². The third-order valence-electron chi connectivity index (χ3n) is 4.81. The molecule has 5 heteroatoms. The SMILES string of the molecule is O=C(O)COCCNC(=O)C1C2C3CCC(C3)C12. The van der Waals surface area contributed by atoms with Gasteiger partial charge in [0, 0.05) is 12.5 Å². The van der Waals surface area contributed by atoms with Crippen molar-refractivity contribution in [2.45, 2.75) is 19.3 Å². The lowest BCUT2D eigenvalue weighted by atomic mass is 10.0. The quantitative estimate of drug-likeness (QED) is 0.676. The molecular weight excluding hydrogens is 234 g/mol. The Morgan fingerprint density at radius 3 is 2.50 bits per heavy atom. The molecule has 0 saturated heterocycles. The molecule has 0 aromatic heterocycles. The smallest absolute Gasteiger partial charge is 0.329 e. The summed E-state index contributed by atoms with van der Waals surface area (Å²) >= 11 is 0. The third-order valence-corrected chi connectivity index (χ3v) is 4.81. The van der Waals surface area contributed by atoms with Gasteiger partial charge in [-0.05, 0) is 42.9 Å². The van der Waals surface area contributed by atoms with Gasteiger partial charge in [-0.1, -0.05) is 0 Å². The van der Waals surface area contributed by atoms with Crippen LogP contribution in [0.2, 0.25) is 0 Å². The average molecular weight is 253 g/mol. The molecule has 3 aliphatic rings. The van der Waals surface area contributed by atoms with Crippen LogP contribution in [0.5, 0.6) is 0 Å². The summed E-state index contributed by atoms with van der Waals surface area (Å²) in [4.78, 5) is 22.2. The highest BCUT2D eigenvalue weighted by Gasteiger charge is 2.67. The van der Waals surface area contributed by atoms with Crippen molar-refractivity contribution in [2.75, 3.05) is 19.8 Å². The van der Waals surface area contributed by atoms with Gasteiger partial charge >= 0.3 is 5.97 Å². The van der Waals surface area contributed by atoms with Crippen molar-refractivity contribution in [1.82, 2.24) is 5.32 Å². The molecule has 0 aromatic carbocycles. The number of fused-ring (bicyclic) bond motifs is 5. The van der Waals surface area contributed by atoms with Gasteiger partial charge < -0.3 is 15.2 Å². The van der Waals surface area contributed by atoms with Crippen molar-refractivity contribution in [3.63, 3.8) is 0 Å². The van der Waals surface area contributed by atoms with Crippen LogP contribution in [0.15, 0.2) is 0 Å². The Bertz CT molecular complexity index is 354. The lowest BCUT2D eigenvalue weighted by Crippen LogP contribution is -2.31. The Labute approximate surface area is 106 Å². The Morgan fingerprint density at radius 1 is 1.22 bits per heavy atom. The van der Waals surface area contributed by atoms with Crippen LogP contribution >= 0.6 is 0 Å². The number of carboxylic acids is 1. The van der Waals surface area contributed by atoms with Gasteiger partial charge in [0.15, 0.2) is 0 Å². The first-order valence-corrected chi connectivity index (χ1v) is 6.75. The van der Waals surface area contributed by atoms with Crippen molar-refractivity contribution in [1.29, 1.82) is 0 Å². The van der Waals surface area contributed by atoms with Crippen LogP contribution in [-0.2, 0) is 14.3 Å².